The van der Waals surface area contributed by atoms with Crippen LogP contribution in [0.4, 0.5) is 4.39 Å². The van der Waals surface area contributed by atoms with Gasteiger partial charge in [0.25, 0.3) is 0 Å². The zero-order chi connectivity index (χ0) is 10.2. The average Bonchev–Trinajstić information content (AvgIpc) is 2.10. The van der Waals surface area contributed by atoms with Gasteiger partial charge in [-0.25, -0.2) is 4.39 Å². The second-order valence-electron chi connectivity index (χ2n) is 4.30. The van der Waals surface area contributed by atoms with Gasteiger partial charge in [-0.05, 0) is 37.0 Å². The van der Waals surface area contributed by atoms with Crippen molar-refractivity contribution in [3.8, 4) is 0 Å². The normalized spacial score (nSPS) is 19.1. The Morgan fingerprint density at radius 2 is 2.14 bits per heavy atom. The first-order valence-corrected chi connectivity index (χ1v) is 5.15. The van der Waals surface area contributed by atoms with Gasteiger partial charge >= 0.3 is 0 Å². The molecule has 1 aromatic rings. The fourth-order valence-electron chi connectivity index (χ4n) is 2.19. The van der Waals surface area contributed by atoms with Gasteiger partial charge in [-0.2, -0.15) is 0 Å². The molecule has 2 N–H and O–H groups in total. The molecule has 1 nitrogen and oxygen atoms in total. The minimum Gasteiger partial charge on any atom is -0.330 e. The third-order valence-electron chi connectivity index (χ3n) is 3.47. The van der Waals surface area contributed by atoms with Gasteiger partial charge < -0.3 is 5.73 Å². The standard InChI is InChI=1S/C12H16FN/c1-9-7-10(3-4-11(9)13)12(8-14)5-2-6-12/h3-4,7H,2,5-6,8,14H2,1H3. The summed E-state index contributed by atoms with van der Waals surface area (Å²) in [5.41, 5.74) is 7.88. The van der Waals surface area contributed by atoms with E-state index in [9.17, 15) is 4.39 Å². The van der Waals surface area contributed by atoms with Crippen molar-refractivity contribution in [3.63, 3.8) is 0 Å². The number of hydrogen-bond acceptors (Lipinski definition) is 1. The lowest BCUT2D eigenvalue weighted by Crippen LogP contribution is -2.41. The molecule has 1 saturated carbocycles. The molecule has 0 amide bonds. The first kappa shape index (κ1) is 9.66. The second-order valence-corrected chi connectivity index (χ2v) is 4.30. The van der Waals surface area contributed by atoms with Crippen molar-refractivity contribution in [2.24, 2.45) is 5.73 Å². The lowest BCUT2D eigenvalue weighted by molar-refractivity contribution is 0.252. The van der Waals surface area contributed by atoms with E-state index in [0.717, 1.165) is 18.4 Å². The Labute approximate surface area is 84.1 Å². The predicted molar refractivity (Wildman–Crippen MR) is 55.7 cm³/mol. The van der Waals surface area contributed by atoms with Crippen molar-refractivity contribution < 1.29 is 4.39 Å². The molecule has 1 fully saturated rings. The van der Waals surface area contributed by atoms with Gasteiger partial charge in [0.15, 0.2) is 0 Å². The van der Waals surface area contributed by atoms with Gasteiger partial charge in [-0.1, -0.05) is 18.6 Å². The Morgan fingerprint density at radius 3 is 2.57 bits per heavy atom. The van der Waals surface area contributed by atoms with E-state index in [1.54, 1.807) is 6.07 Å². The minimum absolute atomic E-state index is 0.125. The molecule has 0 spiro atoms. The SMILES string of the molecule is Cc1cc(C2(CN)CCC2)ccc1F. The molecule has 0 saturated heterocycles. The molecule has 0 aromatic heterocycles. The van der Waals surface area contributed by atoms with Crippen molar-refractivity contribution in [1.29, 1.82) is 0 Å². The summed E-state index contributed by atoms with van der Waals surface area (Å²) in [6.45, 7) is 2.49. The van der Waals surface area contributed by atoms with Crippen LogP contribution in [0.25, 0.3) is 0 Å². The van der Waals surface area contributed by atoms with Crippen LogP contribution >= 0.6 is 0 Å². The van der Waals surface area contributed by atoms with Gasteiger partial charge in [-0.15, -0.1) is 0 Å². The van der Waals surface area contributed by atoms with E-state index in [1.165, 1.54) is 12.0 Å². The fraction of sp³-hybridized carbons (Fsp3) is 0.500. The number of rotatable bonds is 2. The van der Waals surface area contributed by atoms with Crippen molar-refractivity contribution in [1.82, 2.24) is 0 Å². The van der Waals surface area contributed by atoms with Crippen LogP contribution < -0.4 is 5.73 Å². The average molecular weight is 193 g/mol. The molecule has 0 radical (unpaired) electrons. The van der Waals surface area contributed by atoms with E-state index in [1.807, 2.05) is 19.1 Å². The monoisotopic (exact) mass is 193 g/mol. The van der Waals surface area contributed by atoms with E-state index >= 15 is 0 Å². The molecule has 2 rings (SSSR count). The van der Waals surface area contributed by atoms with Crippen LogP contribution in [-0.2, 0) is 5.41 Å². The zero-order valence-electron chi connectivity index (χ0n) is 8.52. The molecule has 1 aliphatic rings. The summed E-state index contributed by atoms with van der Waals surface area (Å²) in [7, 11) is 0. The third-order valence-corrected chi connectivity index (χ3v) is 3.47. The van der Waals surface area contributed by atoms with Gasteiger partial charge in [0, 0.05) is 12.0 Å². The summed E-state index contributed by atoms with van der Waals surface area (Å²) in [5.74, 6) is -0.125. The van der Waals surface area contributed by atoms with E-state index < -0.39 is 0 Å². The largest absolute Gasteiger partial charge is 0.330 e. The maximum Gasteiger partial charge on any atom is 0.126 e. The Morgan fingerprint density at radius 1 is 1.43 bits per heavy atom. The molecule has 76 valence electrons. The van der Waals surface area contributed by atoms with E-state index in [0.29, 0.717) is 6.54 Å². The molecular formula is C12H16FN. The van der Waals surface area contributed by atoms with Gasteiger partial charge in [0.1, 0.15) is 5.82 Å². The number of nitrogens with two attached hydrogens (primary N) is 1. The molecule has 2 heteroatoms. The number of hydrogen-bond donors (Lipinski definition) is 1. The van der Waals surface area contributed by atoms with E-state index in [4.69, 9.17) is 5.73 Å². The summed E-state index contributed by atoms with van der Waals surface area (Å²) in [4.78, 5) is 0. The van der Waals surface area contributed by atoms with Crippen molar-refractivity contribution in [2.45, 2.75) is 31.6 Å². The Kier molecular flexibility index (Phi) is 2.31. The van der Waals surface area contributed by atoms with Gasteiger partial charge in [0.2, 0.25) is 0 Å². The Bertz CT molecular complexity index is 337. The highest BCUT2D eigenvalue weighted by Gasteiger charge is 2.37. The third kappa shape index (κ3) is 1.34. The van der Waals surface area contributed by atoms with Crippen molar-refractivity contribution in [2.75, 3.05) is 6.54 Å². The molecule has 0 atom stereocenters. The molecular weight excluding hydrogens is 177 g/mol. The number of halogens is 1. The van der Waals surface area contributed by atoms with E-state index in [-0.39, 0.29) is 11.2 Å². The van der Waals surface area contributed by atoms with Gasteiger partial charge in [0.05, 0.1) is 0 Å². The quantitative estimate of drug-likeness (QED) is 0.767. The summed E-state index contributed by atoms with van der Waals surface area (Å²) < 4.78 is 13.1. The number of benzene rings is 1. The van der Waals surface area contributed by atoms with Crippen LogP contribution in [0.5, 0.6) is 0 Å². The zero-order valence-corrected chi connectivity index (χ0v) is 8.52. The number of aryl methyl sites for hydroxylation is 1. The summed E-state index contributed by atoms with van der Waals surface area (Å²) >= 11 is 0. The lowest BCUT2D eigenvalue weighted by Gasteiger charge is -2.41. The van der Waals surface area contributed by atoms with Crippen LogP contribution in [0.1, 0.15) is 30.4 Å². The summed E-state index contributed by atoms with van der Waals surface area (Å²) in [5, 5.41) is 0. The maximum absolute atomic E-state index is 13.1. The smallest absolute Gasteiger partial charge is 0.126 e. The van der Waals surface area contributed by atoms with Crippen LogP contribution in [0.2, 0.25) is 0 Å². The Balaban J connectivity index is 2.36. The van der Waals surface area contributed by atoms with Crippen LogP contribution in [-0.4, -0.2) is 6.54 Å². The fourth-order valence-corrected chi connectivity index (χ4v) is 2.19. The maximum atomic E-state index is 13.1. The molecule has 14 heavy (non-hydrogen) atoms. The van der Waals surface area contributed by atoms with Crippen LogP contribution in [0.15, 0.2) is 18.2 Å². The molecule has 0 unspecified atom stereocenters. The van der Waals surface area contributed by atoms with Gasteiger partial charge in [-0.3, -0.25) is 0 Å². The highest BCUT2D eigenvalue weighted by atomic mass is 19.1. The van der Waals surface area contributed by atoms with Crippen molar-refractivity contribution >= 4 is 0 Å². The highest BCUT2D eigenvalue weighted by Crippen LogP contribution is 2.43. The molecule has 0 heterocycles. The highest BCUT2D eigenvalue weighted by molar-refractivity contribution is 5.32. The molecule has 0 bridgehead atoms. The minimum atomic E-state index is -0.125. The topological polar surface area (TPSA) is 26.0 Å². The summed E-state index contributed by atoms with van der Waals surface area (Å²) in [6, 6.07) is 5.39. The first-order valence-electron chi connectivity index (χ1n) is 5.15. The summed E-state index contributed by atoms with van der Waals surface area (Å²) in [6.07, 6.45) is 3.54. The second kappa shape index (κ2) is 3.35. The molecule has 1 aromatic carbocycles. The molecule has 1 aliphatic carbocycles. The predicted octanol–water partition coefficient (Wildman–Crippen LogP) is 2.51. The van der Waals surface area contributed by atoms with Crippen molar-refractivity contribution in [3.05, 3.63) is 35.1 Å². The van der Waals surface area contributed by atoms with Crippen LogP contribution in [0.3, 0.4) is 0 Å². The molecule has 0 aliphatic heterocycles. The first-order chi connectivity index (χ1) is 6.68. The van der Waals surface area contributed by atoms with E-state index in [2.05, 4.69) is 0 Å². The van der Waals surface area contributed by atoms with Crippen LogP contribution in [0, 0.1) is 12.7 Å². The Hall–Kier alpha value is -0.890. The lowest BCUT2D eigenvalue weighted by atomic mass is 9.64.